The SMILES string of the molecule is COCCCCCCNC(=O)CCCC(=O)NC(COCCC(=O)NCCCCCCO[C@@H]1OC(CO)[C@H](O)[C@H](O)C1C)(COCCC(=O)NCCCCCCO[C@@H]1OC(CO)[C@H](O)[C@H](O)C1C)COCCC(=O)NCCCCCCO[C@@H]1OC(CO)[C@H](O)[C@H](O)C1C. The van der Waals surface area contributed by atoms with E-state index in [1.807, 2.05) is 0 Å². The van der Waals surface area contributed by atoms with E-state index >= 15 is 0 Å². The zero-order chi connectivity index (χ0) is 68.2. The van der Waals surface area contributed by atoms with E-state index in [-0.39, 0.29) is 102 Å². The Hall–Kier alpha value is -3.41. The highest BCUT2D eigenvalue weighted by Crippen LogP contribution is 2.30. The van der Waals surface area contributed by atoms with Crippen molar-refractivity contribution in [2.24, 2.45) is 17.8 Å². The molecule has 3 rings (SSSR count). The van der Waals surface area contributed by atoms with Crippen molar-refractivity contribution in [1.29, 1.82) is 0 Å². The minimum atomic E-state index is -1.36. The molecule has 0 aliphatic carbocycles. The number of nitrogens with one attached hydrogen (secondary N) is 5. The Morgan fingerprint density at radius 2 is 0.634 bits per heavy atom. The number of unbranched alkanes of at least 4 members (excludes halogenated alkanes) is 12. The zero-order valence-electron chi connectivity index (χ0n) is 55.9. The van der Waals surface area contributed by atoms with Gasteiger partial charge in [0, 0.05) is 110 Å². The molecule has 3 heterocycles. The molecule has 29 nitrogen and oxygen atoms in total. The summed E-state index contributed by atoms with van der Waals surface area (Å²) in [6, 6.07) is 0. The molecule has 15 atom stereocenters. The standard InChI is InChI=1S/C64H119N5O24/c1-44-55(78)58(81)47(38-70)91-61(44)88-32-18-10-6-14-28-66-51(74)24-35-85-41-64(69-54(77)23-21-22-50(73)65-27-13-5-9-17-31-84-4,42-86-36-25-52(75)67-29-15-7-11-19-33-89-62-45(2)56(79)59(82)48(39-71)92-62)43-87-37-26-53(76)68-30-16-8-12-20-34-90-63-46(3)57(80)60(83)49(40-72)93-63/h44-49,55-63,70-72,78-83H,5-43H2,1-4H3,(H,65,73)(H,66,74)(H,67,75)(H,68,76)(H,69,77)/t44?,45?,46?,47?,48?,49?,55-,56-,57-,58+,59+,60+,61-,62-,63-,64?/m1/s1. The molecule has 0 aromatic heterocycles. The molecule has 0 bridgehead atoms. The topological polar surface area (TPSA) is 420 Å². The lowest BCUT2D eigenvalue weighted by molar-refractivity contribution is -0.282. The Balaban J connectivity index is 1.54. The number of ether oxygens (including phenoxy) is 10. The number of hydrogen-bond donors (Lipinski definition) is 14. The smallest absolute Gasteiger partial charge is 0.222 e. The monoisotopic (exact) mass is 1340 g/mol. The van der Waals surface area contributed by atoms with Gasteiger partial charge in [0.05, 0.1) is 77.8 Å². The van der Waals surface area contributed by atoms with Gasteiger partial charge in [0.25, 0.3) is 0 Å². The number of methoxy groups -OCH3 is 1. The first-order chi connectivity index (χ1) is 44.8. The Morgan fingerprint density at radius 1 is 0.355 bits per heavy atom. The molecular formula is C64H119N5O24. The van der Waals surface area contributed by atoms with Gasteiger partial charge in [-0.25, -0.2) is 0 Å². The first-order valence-corrected chi connectivity index (χ1v) is 34.1. The highest BCUT2D eigenvalue weighted by molar-refractivity contribution is 5.79. The maximum absolute atomic E-state index is 13.8. The van der Waals surface area contributed by atoms with Gasteiger partial charge in [-0.1, -0.05) is 72.1 Å². The average molecular weight is 1340 g/mol. The van der Waals surface area contributed by atoms with E-state index in [0.29, 0.717) is 91.1 Å². The first-order valence-electron chi connectivity index (χ1n) is 34.1. The summed E-state index contributed by atoms with van der Waals surface area (Å²) in [5, 5.41) is 104. The fourth-order valence-electron chi connectivity index (χ4n) is 10.9. The Bertz CT molecular complexity index is 1810. The van der Waals surface area contributed by atoms with Crippen LogP contribution < -0.4 is 26.6 Å². The Labute approximate surface area is 550 Å². The van der Waals surface area contributed by atoms with Gasteiger partial charge in [-0.05, 0) is 57.8 Å². The van der Waals surface area contributed by atoms with Gasteiger partial charge < -0.3 is 120 Å². The molecule has 0 saturated carbocycles. The summed E-state index contributed by atoms with van der Waals surface area (Å²) in [5.74, 6) is -2.81. The predicted molar refractivity (Wildman–Crippen MR) is 337 cm³/mol. The third-order valence-electron chi connectivity index (χ3n) is 17.0. The van der Waals surface area contributed by atoms with E-state index in [2.05, 4.69) is 26.6 Å². The Morgan fingerprint density at radius 3 is 0.935 bits per heavy atom. The molecule has 3 saturated heterocycles. The quantitative estimate of drug-likeness (QED) is 0.0352. The summed E-state index contributed by atoms with van der Waals surface area (Å²) < 4.78 is 57.7. The van der Waals surface area contributed by atoms with Crippen molar-refractivity contribution in [2.75, 3.05) is 119 Å². The van der Waals surface area contributed by atoms with Gasteiger partial charge in [0.1, 0.15) is 42.2 Å². The van der Waals surface area contributed by atoms with Crippen LogP contribution in [0.4, 0.5) is 0 Å². The number of aliphatic hydroxyl groups excluding tert-OH is 9. The van der Waals surface area contributed by atoms with Crippen LogP contribution in [0.2, 0.25) is 0 Å². The highest BCUT2D eigenvalue weighted by atomic mass is 16.7. The zero-order valence-corrected chi connectivity index (χ0v) is 55.9. The molecule has 0 radical (unpaired) electrons. The first kappa shape index (κ1) is 83.8. The minimum Gasteiger partial charge on any atom is -0.394 e. The van der Waals surface area contributed by atoms with E-state index in [1.54, 1.807) is 27.9 Å². The normalized spacial score (nSPS) is 27.1. The molecule has 3 fully saturated rings. The summed E-state index contributed by atoms with van der Waals surface area (Å²) in [6.07, 6.45) is 0.964. The molecule has 14 N–H and O–H groups in total. The fraction of sp³-hybridized carbons (Fsp3) is 0.922. The second-order valence-corrected chi connectivity index (χ2v) is 24.9. The molecule has 3 aliphatic heterocycles. The maximum atomic E-state index is 13.8. The van der Waals surface area contributed by atoms with Gasteiger partial charge in [-0.15, -0.1) is 0 Å². The maximum Gasteiger partial charge on any atom is 0.222 e. The summed E-state index contributed by atoms with van der Waals surface area (Å²) in [7, 11) is 1.66. The van der Waals surface area contributed by atoms with Crippen LogP contribution in [-0.2, 0) is 71.3 Å². The van der Waals surface area contributed by atoms with Crippen LogP contribution in [0.3, 0.4) is 0 Å². The van der Waals surface area contributed by atoms with Gasteiger partial charge >= 0.3 is 0 Å². The van der Waals surface area contributed by atoms with E-state index in [0.717, 1.165) is 64.2 Å². The van der Waals surface area contributed by atoms with E-state index in [9.17, 15) is 69.9 Å². The van der Waals surface area contributed by atoms with E-state index < -0.39 is 123 Å². The fourth-order valence-corrected chi connectivity index (χ4v) is 10.9. The molecule has 93 heavy (non-hydrogen) atoms. The van der Waals surface area contributed by atoms with Crippen molar-refractivity contribution in [2.45, 2.75) is 241 Å². The van der Waals surface area contributed by atoms with E-state index in [1.165, 1.54) is 0 Å². The van der Waals surface area contributed by atoms with Crippen molar-refractivity contribution < 1.29 is 117 Å². The summed E-state index contributed by atoms with van der Waals surface area (Å²) in [5.41, 5.74) is -1.36. The molecule has 29 heteroatoms. The van der Waals surface area contributed by atoms with Gasteiger partial charge in [0.15, 0.2) is 18.9 Å². The van der Waals surface area contributed by atoms with Crippen LogP contribution in [0.15, 0.2) is 0 Å². The van der Waals surface area contributed by atoms with Crippen molar-refractivity contribution in [1.82, 2.24) is 26.6 Å². The molecule has 3 aliphatic rings. The number of aliphatic hydroxyl groups is 9. The van der Waals surface area contributed by atoms with Crippen molar-refractivity contribution >= 4 is 29.5 Å². The van der Waals surface area contributed by atoms with Crippen molar-refractivity contribution in [3.63, 3.8) is 0 Å². The Kier molecular flexibility index (Phi) is 45.1. The van der Waals surface area contributed by atoms with Crippen LogP contribution in [0.25, 0.3) is 0 Å². The van der Waals surface area contributed by atoms with Crippen LogP contribution >= 0.6 is 0 Å². The van der Waals surface area contributed by atoms with Crippen LogP contribution in [-0.4, -0.2) is 274 Å². The van der Waals surface area contributed by atoms with Crippen LogP contribution in [0.1, 0.15) is 162 Å². The third-order valence-corrected chi connectivity index (χ3v) is 17.0. The highest BCUT2D eigenvalue weighted by Gasteiger charge is 2.45. The number of amides is 5. The predicted octanol–water partition coefficient (Wildman–Crippen LogP) is -0.140. The van der Waals surface area contributed by atoms with Crippen LogP contribution in [0, 0.1) is 17.8 Å². The van der Waals surface area contributed by atoms with Crippen molar-refractivity contribution in [3.05, 3.63) is 0 Å². The second-order valence-electron chi connectivity index (χ2n) is 24.9. The minimum absolute atomic E-state index is 0.00666. The summed E-state index contributed by atoms with van der Waals surface area (Å²) >= 11 is 0. The molecule has 0 spiro atoms. The lowest BCUT2D eigenvalue weighted by Crippen LogP contribution is -2.58. The van der Waals surface area contributed by atoms with Gasteiger partial charge in [0.2, 0.25) is 29.5 Å². The number of rotatable bonds is 54. The summed E-state index contributed by atoms with van der Waals surface area (Å²) in [6.45, 7) is 6.62. The molecular weight excluding hydrogens is 1220 g/mol. The number of hydrogen-bond acceptors (Lipinski definition) is 24. The molecule has 544 valence electrons. The lowest BCUT2D eigenvalue weighted by Gasteiger charge is -2.40. The average Bonchev–Trinajstić information content (AvgIpc) is 1.17. The molecule has 5 amide bonds. The van der Waals surface area contributed by atoms with Crippen molar-refractivity contribution in [3.8, 4) is 0 Å². The van der Waals surface area contributed by atoms with Gasteiger partial charge in [-0.3, -0.25) is 24.0 Å². The molecule has 6 unspecified atom stereocenters. The van der Waals surface area contributed by atoms with Crippen LogP contribution in [0.5, 0.6) is 0 Å². The summed E-state index contributed by atoms with van der Waals surface area (Å²) in [4.78, 5) is 65.5. The molecule has 0 aromatic carbocycles. The molecule has 0 aromatic rings. The largest absolute Gasteiger partial charge is 0.394 e. The number of carbonyl (C=O) groups excluding carboxylic acids is 5. The second kappa shape index (κ2) is 50.0. The van der Waals surface area contributed by atoms with E-state index in [4.69, 9.17) is 47.4 Å². The lowest BCUT2D eigenvalue weighted by atomic mass is 9.92. The van der Waals surface area contributed by atoms with Gasteiger partial charge in [-0.2, -0.15) is 0 Å². The number of carbonyl (C=O) groups is 5. The third kappa shape index (κ3) is 34.1.